The number of hydrogen-bond donors (Lipinski definition) is 3. The summed E-state index contributed by atoms with van der Waals surface area (Å²) in [5, 5.41) is 9.50. The summed E-state index contributed by atoms with van der Waals surface area (Å²) < 4.78 is 12.9. The maximum Gasteiger partial charge on any atom is 0.129 e. The first-order valence-electron chi connectivity index (χ1n) is 4.01. The normalized spacial score (nSPS) is 12.9. The van der Waals surface area contributed by atoms with Crippen molar-refractivity contribution in [3.8, 4) is 5.75 Å². The molecule has 1 aromatic rings. The Morgan fingerprint density at radius 3 is 2.69 bits per heavy atom. The van der Waals surface area contributed by atoms with E-state index in [2.05, 4.69) is 0 Å². The zero-order valence-electron chi connectivity index (χ0n) is 7.42. The number of aromatic hydroxyl groups is 1. The van der Waals surface area contributed by atoms with Gasteiger partial charge >= 0.3 is 0 Å². The van der Waals surface area contributed by atoms with Crippen LogP contribution in [0.3, 0.4) is 0 Å². The first-order chi connectivity index (χ1) is 6.07. The molecule has 0 saturated carbocycles. The Bertz CT molecular complexity index is 315. The number of phenols is 1. The van der Waals surface area contributed by atoms with Crippen LogP contribution in [0.15, 0.2) is 12.1 Å². The molecule has 3 nitrogen and oxygen atoms in total. The van der Waals surface area contributed by atoms with E-state index in [0.717, 1.165) is 0 Å². The summed E-state index contributed by atoms with van der Waals surface area (Å²) >= 11 is 0. The highest BCUT2D eigenvalue weighted by molar-refractivity contribution is 5.42. The molecule has 0 radical (unpaired) electrons. The maximum atomic E-state index is 12.9. The second kappa shape index (κ2) is 3.72. The molecule has 4 heteroatoms. The van der Waals surface area contributed by atoms with Gasteiger partial charge in [0.2, 0.25) is 0 Å². The van der Waals surface area contributed by atoms with Crippen molar-refractivity contribution in [2.75, 3.05) is 6.54 Å². The smallest absolute Gasteiger partial charge is 0.129 e. The second-order valence-corrected chi connectivity index (χ2v) is 2.95. The van der Waals surface area contributed by atoms with E-state index in [4.69, 9.17) is 11.5 Å². The Morgan fingerprint density at radius 2 is 2.15 bits per heavy atom. The lowest BCUT2D eigenvalue weighted by Crippen LogP contribution is -2.21. The van der Waals surface area contributed by atoms with Crippen LogP contribution < -0.4 is 11.5 Å². The van der Waals surface area contributed by atoms with Crippen LogP contribution in [-0.4, -0.2) is 11.7 Å². The van der Waals surface area contributed by atoms with Gasteiger partial charge in [0.15, 0.2) is 0 Å². The van der Waals surface area contributed by atoms with Gasteiger partial charge in [-0.1, -0.05) is 6.07 Å². The van der Waals surface area contributed by atoms with Gasteiger partial charge in [0.05, 0.1) is 0 Å². The molecular formula is C9H13FN2O. The molecule has 0 aliphatic rings. The Kier molecular flexibility index (Phi) is 2.85. The van der Waals surface area contributed by atoms with Gasteiger partial charge in [-0.25, -0.2) is 4.39 Å². The number of phenolic OH excluding ortho intramolecular Hbond substituents is 1. The maximum absolute atomic E-state index is 12.9. The van der Waals surface area contributed by atoms with Crippen molar-refractivity contribution in [3.05, 3.63) is 29.1 Å². The third-order valence-corrected chi connectivity index (χ3v) is 2.05. The molecule has 0 bridgehead atoms. The molecule has 0 spiro atoms. The van der Waals surface area contributed by atoms with Crippen molar-refractivity contribution in [1.29, 1.82) is 0 Å². The zero-order chi connectivity index (χ0) is 10.0. The molecular weight excluding hydrogens is 171 g/mol. The highest BCUT2D eigenvalue weighted by Crippen LogP contribution is 2.27. The summed E-state index contributed by atoms with van der Waals surface area (Å²) in [6.45, 7) is 1.72. The topological polar surface area (TPSA) is 72.3 Å². The van der Waals surface area contributed by atoms with Crippen LogP contribution in [0.25, 0.3) is 0 Å². The van der Waals surface area contributed by atoms with Crippen molar-refractivity contribution in [2.24, 2.45) is 11.5 Å². The van der Waals surface area contributed by atoms with Crippen LogP contribution in [0.5, 0.6) is 5.75 Å². The predicted octanol–water partition coefficient (Wildman–Crippen LogP) is 0.798. The lowest BCUT2D eigenvalue weighted by Gasteiger charge is -2.12. The van der Waals surface area contributed by atoms with Gasteiger partial charge in [-0.3, -0.25) is 0 Å². The van der Waals surface area contributed by atoms with Crippen LogP contribution in [0, 0.1) is 12.7 Å². The standard InChI is InChI=1S/C9H13FN2O/c1-5-7(10)3-2-6(9(5)13)8(12)4-11/h2-3,8,13H,4,11-12H2,1H3/t8-/m1/s1. The minimum Gasteiger partial charge on any atom is -0.507 e. The molecule has 72 valence electrons. The Morgan fingerprint density at radius 1 is 1.54 bits per heavy atom. The summed E-state index contributed by atoms with van der Waals surface area (Å²) in [7, 11) is 0. The number of hydrogen-bond acceptors (Lipinski definition) is 3. The number of halogens is 1. The average molecular weight is 184 g/mol. The quantitative estimate of drug-likeness (QED) is 0.636. The Labute approximate surface area is 76.2 Å². The molecule has 1 aromatic carbocycles. The molecule has 0 aliphatic carbocycles. The zero-order valence-corrected chi connectivity index (χ0v) is 7.42. The molecule has 1 rings (SSSR count). The fourth-order valence-electron chi connectivity index (χ4n) is 1.12. The largest absolute Gasteiger partial charge is 0.507 e. The summed E-state index contributed by atoms with van der Waals surface area (Å²) in [5.74, 6) is -0.538. The number of rotatable bonds is 2. The summed E-state index contributed by atoms with van der Waals surface area (Å²) in [6.07, 6.45) is 0. The van der Waals surface area contributed by atoms with E-state index >= 15 is 0 Å². The van der Waals surface area contributed by atoms with Crippen molar-refractivity contribution in [2.45, 2.75) is 13.0 Å². The fraction of sp³-hybridized carbons (Fsp3) is 0.333. The van der Waals surface area contributed by atoms with Gasteiger partial charge in [-0.15, -0.1) is 0 Å². The summed E-state index contributed by atoms with van der Waals surface area (Å²) in [4.78, 5) is 0. The van der Waals surface area contributed by atoms with Crippen LogP contribution in [0.1, 0.15) is 17.2 Å². The summed E-state index contributed by atoms with van der Waals surface area (Å²) in [5.41, 5.74) is 11.6. The molecule has 0 fully saturated rings. The van der Waals surface area contributed by atoms with Crippen molar-refractivity contribution >= 4 is 0 Å². The average Bonchev–Trinajstić information content (AvgIpc) is 2.13. The third kappa shape index (κ3) is 1.79. The van der Waals surface area contributed by atoms with Gasteiger partial charge in [0.1, 0.15) is 11.6 Å². The SMILES string of the molecule is Cc1c(F)ccc([C@H](N)CN)c1O. The highest BCUT2D eigenvalue weighted by Gasteiger charge is 2.13. The monoisotopic (exact) mass is 184 g/mol. The van der Waals surface area contributed by atoms with Gasteiger partial charge in [-0.2, -0.15) is 0 Å². The van der Waals surface area contributed by atoms with E-state index < -0.39 is 11.9 Å². The molecule has 0 heterocycles. The molecule has 0 aromatic heterocycles. The second-order valence-electron chi connectivity index (χ2n) is 2.95. The van der Waals surface area contributed by atoms with E-state index in [-0.39, 0.29) is 17.9 Å². The molecule has 0 aliphatic heterocycles. The third-order valence-electron chi connectivity index (χ3n) is 2.05. The fourth-order valence-corrected chi connectivity index (χ4v) is 1.12. The van der Waals surface area contributed by atoms with Crippen molar-refractivity contribution in [3.63, 3.8) is 0 Å². The molecule has 13 heavy (non-hydrogen) atoms. The van der Waals surface area contributed by atoms with Gasteiger partial charge in [0.25, 0.3) is 0 Å². The number of benzene rings is 1. The van der Waals surface area contributed by atoms with Crippen LogP contribution in [-0.2, 0) is 0 Å². The molecule has 0 amide bonds. The minimum absolute atomic E-state index is 0.0991. The van der Waals surface area contributed by atoms with E-state index in [1.54, 1.807) is 0 Å². The van der Waals surface area contributed by atoms with Gasteiger partial charge < -0.3 is 16.6 Å². The van der Waals surface area contributed by atoms with E-state index in [9.17, 15) is 9.50 Å². The molecule has 5 N–H and O–H groups in total. The van der Waals surface area contributed by atoms with Gasteiger partial charge in [0, 0.05) is 23.7 Å². The first-order valence-corrected chi connectivity index (χ1v) is 4.01. The lowest BCUT2D eigenvalue weighted by molar-refractivity contribution is 0.450. The van der Waals surface area contributed by atoms with Gasteiger partial charge in [-0.05, 0) is 13.0 Å². The van der Waals surface area contributed by atoms with E-state index in [1.807, 2.05) is 0 Å². The minimum atomic E-state index is -0.445. The molecule has 0 unspecified atom stereocenters. The van der Waals surface area contributed by atoms with Crippen molar-refractivity contribution < 1.29 is 9.50 Å². The predicted molar refractivity (Wildman–Crippen MR) is 48.8 cm³/mol. The Hall–Kier alpha value is -1.13. The van der Waals surface area contributed by atoms with Crippen LogP contribution >= 0.6 is 0 Å². The van der Waals surface area contributed by atoms with Crippen LogP contribution in [0.4, 0.5) is 4.39 Å². The van der Waals surface area contributed by atoms with E-state index in [1.165, 1.54) is 19.1 Å². The highest BCUT2D eigenvalue weighted by atomic mass is 19.1. The Balaban J connectivity index is 3.18. The summed E-state index contributed by atoms with van der Waals surface area (Å²) in [6, 6.07) is 2.29. The molecule has 0 saturated heterocycles. The van der Waals surface area contributed by atoms with Crippen molar-refractivity contribution in [1.82, 2.24) is 0 Å². The van der Waals surface area contributed by atoms with E-state index in [0.29, 0.717) is 5.56 Å². The first kappa shape index (κ1) is 9.95. The molecule has 1 atom stereocenters. The number of nitrogens with two attached hydrogens (primary N) is 2. The lowest BCUT2D eigenvalue weighted by atomic mass is 10.0. The van der Waals surface area contributed by atoms with Crippen LogP contribution in [0.2, 0.25) is 0 Å².